The van der Waals surface area contributed by atoms with E-state index in [1.165, 1.54) is 4.90 Å². The van der Waals surface area contributed by atoms with Crippen LogP contribution in [0.4, 0.5) is 5.13 Å². The van der Waals surface area contributed by atoms with Gasteiger partial charge in [0, 0.05) is 11.4 Å². The van der Waals surface area contributed by atoms with Crippen molar-refractivity contribution in [2.75, 3.05) is 32.1 Å². The third kappa shape index (κ3) is 3.52. The lowest BCUT2D eigenvalue weighted by Gasteiger charge is -2.18. The second-order valence-corrected chi connectivity index (χ2v) is 6.66. The molecule has 0 fully saturated rings. The molecule has 0 saturated heterocycles. The molecule has 4 nitrogen and oxygen atoms in total. The van der Waals surface area contributed by atoms with Crippen molar-refractivity contribution >= 4 is 48.5 Å². The molecule has 0 spiro atoms. The van der Waals surface area contributed by atoms with Gasteiger partial charge in [0.2, 0.25) is 5.91 Å². The minimum Gasteiger partial charge on any atom is -0.338 e. The van der Waals surface area contributed by atoms with Gasteiger partial charge in [-0.3, -0.25) is 9.69 Å². The molecule has 1 heterocycles. The Kier molecular flexibility index (Phi) is 4.54. The molecule has 1 N–H and O–H groups in total. The first kappa shape index (κ1) is 14.4. The molecule has 2 aromatic rings. The number of carbonyl (C=O) groups excluding carboxylic acids is 1. The lowest BCUT2D eigenvalue weighted by molar-refractivity contribution is -0.856. The normalized spacial score (nSPS) is 11.2. The molecule has 19 heavy (non-hydrogen) atoms. The van der Waals surface area contributed by atoms with Crippen LogP contribution in [-0.2, 0) is 4.79 Å². The second-order valence-electron chi connectivity index (χ2n) is 4.74. The summed E-state index contributed by atoms with van der Waals surface area (Å²) in [4.78, 5) is 19.4. The summed E-state index contributed by atoms with van der Waals surface area (Å²) in [5.74, 6) is 0.0411. The number of anilines is 1. The monoisotopic (exact) mass is 342 g/mol. The highest BCUT2D eigenvalue weighted by Crippen LogP contribution is 2.30. The van der Waals surface area contributed by atoms with Gasteiger partial charge in [0.1, 0.15) is 0 Å². The van der Waals surface area contributed by atoms with Gasteiger partial charge in [-0.05, 0) is 18.2 Å². The van der Waals surface area contributed by atoms with Gasteiger partial charge in [0.25, 0.3) is 0 Å². The van der Waals surface area contributed by atoms with Crippen LogP contribution in [-0.4, -0.2) is 38.1 Å². The van der Waals surface area contributed by atoms with Crippen molar-refractivity contribution in [1.29, 1.82) is 0 Å². The van der Waals surface area contributed by atoms with Gasteiger partial charge in [-0.2, -0.15) is 0 Å². The number of rotatable bonds is 4. The van der Waals surface area contributed by atoms with Gasteiger partial charge in [-0.15, -0.1) is 0 Å². The molecule has 0 aliphatic carbocycles. The predicted octanol–water partition coefficient (Wildman–Crippen LogP) is 1.56. The number of hydrogen-bond acceptors (Lipinski definition) is 3. The molecule has 1 aromatic carbocycles. The minimum absolute atomic E-state index is 0.0411. The third-order valence-corrected chi connectivity index (χ3v) is 4.32. The highest BCUT2D eigenvalue weighted by atomic mass is 79.9. The van der Waals surface area contributed by atoms with E-state index in [1.807, 2.05) is 18.2 Å². The topological polar surface area (TPSA) is 37.6 Å². The number of nitrogens with one attached hydrogen (secondary N) is 1. The summed E-state index contributed by atoms with van der Waals surface area (Å²) in [6.07, 6.45) is 0. The third-order valence-electron chi connectivity index (χ3n) is 2.79. The van der Waals surface area contributed by atoms with E-state index in [0.717, 1.165) is 26.4 Å². The Morgan fingerprint density at radius 1 is 1.47 bits per heavy atom. The Morgan fingerprint density at radius 2 is 2.21 bits per heavy atom. The van der Waals surface area contributed by atoms with Gasteiger partial charge in [0.15, 0.2) is 5.13 Å². The molecular formula is C13H17BrN3OS+. The number of quaternary nitrogens is 1. The molecule has 102 valence electrons. The molecule has 0 radical (unpaired) electrons. The van der Waals surface area contributed by atoms with Crippen molar-refractivity contribution in [2.24, 2.45) is 0 Å². The highest BCUT2D eigenvalue weighted by Gasteiger charge is 2.17. The molecule has 0 aliphatic rings. The number of benzene rings is 1. The van der Waals surface area contributed by atoms with Gasteiger partial charge in [0.05, 0.1) is 37.4 Å². The number of fused-ring (bicyclic) bond motifs is 1. The average Bonchev–Trinajstić information content (AvgIpc) is 2.70. The molecular weight excluding hydrogens is 326 g/mol. The van der Waals surface area contributed by atoms with Gasteiger partial charge in [-0.25, -0.2) is 4.98 Å². The minimum atomic E-state index is 0.0411. The van der Waals surface area contributed by atoms with Crippen LogP contribution >= 0.6 is 27.3 Å². The van der Waals surface area contributed by atoms with E-state index in [2.05, 4.69) is 35.0 Å². The standard InChI is InChI=1S/C13H16BrN3OS/c1-9(18)17(7-6-16(2)3)13-15-11-5-4-10(14)8-12(11)19-13/h4-5,8H,6-7H2,1-3H3/p+1. The van der Waals surface area contributed by atoms with Crippen LogP contribution in [0.25, 0.3) is 10.2 Å². The summed E-state index contributed by atoms with van der Waals surface area (Å²) in [7, 11) is 4.15. The van der Waals surface area contributed by atoms with Crippen LogP contribution in [0, 0.1) is 0 Å². The number of nitrogens with zero attached hydrogens (tertiary/aromatic N) is 2. The molecule has 0 atom stereocenters. The molecule has 0 unspecified atom stereocenters. The first-order chi connectivity index (χ1) is 8.97. The lowest BCUT2D eigenvalue weighted by Crippen LogP contribution is -3.06. The Balaban J connectivity index is 2.30. The quantitative estimate of drug-likeness (QED) is 0.915. The Labute approximate surface area is 125 Å². The smallest absolute Gasteiger partial charge is 0.225 e. The van der Waals surface area contributed by atoms with Crippen molar-refractivity contribution < 1.29 is 9.69 Å². The zero-order valence-electron chi connectivity index (χ0n) is 11.2. The summed E-state index contributed by atoms with van der Waals surface area (Å²) in [5.41, 5.74) is 0.937. The molecule has 2 rings (SSSR count). The first-order valence-corrected chi connectivity index (χ1v) is 7.71. The van der Waals surface area contributed by atoms with E-state index in [0.29, 0.717) is 6.54 Å². The fourth-order valence-electron chi connectivity index (χ4n) is 1.72. The number of halogens is 1. The summed E-state index contributed by atoms with van der Waals surface area (Å²) in [6.45, 7) is 3.19. The summed E-state index contributed by atoms with van der Waals surface area (Å²) in [6, 6.07) is 5.97. The summed E-state index contributed by atoms with van der Waals surface area (Å²) < 4.78 is 2.12. The summed E-state index contributed by atoms with van der Waals surface area (Å²) >= 11 is 5.01. The largest absolute Gasteiger partial charge is 0.338 e. The van der Waals surface area contributed by atoms with E-state index in [1.54, 1.807) is 23.2 Å². The summed E-state index contributed by atoms with van der Waals surface area (Å²) in [5, 5.41) is 0.779. The zero-order valence-corrected chi connectivity index (χ0v) is 13.6. The van der Waals surface area contributed by atoms with E-state index < -0.39 is 0 Å². The Bertz CT molecular complexity index is 597. The van der Waals surface area contributed by atoms with Crippen molar-refractivity contribution in [3.8, 4) is 0 Å². The highest BCUT2D eigenvalue weighted by molar-refractivity contribution is 9.10. The number of amides is 1. The molecule has 0 saturated carbocycles. The number of likely N-dealkylation sites (N-methyl/N-ethyl adjacent to an activating group) is 1. The first-order valence-electron chi connectivity index (χ1n) is 6.10. The Morgan fingerprint density at radius 3 is 2.84 bits per heavy atom. The maximum absolute atomic E-state index is 11.8. The molecule has 6 heteroatoms. The second kappa shape index (κ2) is 5.98. The number of thiazole rings is 1. The molecule has 0 aliphatic heterocycles. The van der Waals surface area contributed by atoms with Crippen LogP contribution in [0.15, 0.2) is 22.7 Å². The number of hydrogen-bond donors (Lipinski definition) is 1. The number of carbonyl (C=O) groups is 1. The fraction of sp³-hybridized carbons (Fsp3) is 0.385. The van der Waals surface area contributed by atoms with Crippen LogP contribution in [0.2, 0.25) is 0 Å². The van der Waals surface area contributed by atoms with Crippen molar-refractivity contribution in [1.82, 2.24) is 4.98 Å². The van der Waals surface area contributed by atoms with Gasteiger partial charge in [-0.1, -0.05) is 27.3 Å². The fourth-order valence-corrected chi connectivity index (χ4v) is 3.31. The van der Waals surface area contributed by atoms with Crippen LogP contribution in [0.1, 0.15) is 6.92 Å². The SMILES string of the molecule is CC(=O)N(CC[NH+](C)C)c1nc2ccc(Br)cc2s1. The van der Waals surface area contributed by atoms with E-state index in [-0.39, 0.29) is 5.91 Å². The predicted molar refractivity (Wildman–Crippen MR) is 83.0 cm³/mol. The Hall–Kier alpha value is -0.980. The number of aromatic nitrogens is 1. The molecule has 1 aromatic heterocycles. The van der Waals surface area contributed by atoms with Crippen molar-refractivity contribution in [3.63, 3.8) is 0 Å². The van der Waals surface area contributed by atoms with E-state index >= 15 is 0 Å². The molecule has 0 bridgehead atoms. The van der Waals surface area contributed by atoms with Crippen LogP contribution in [0.5, 0.6) is 0 Å². The zero-order chi connectivity index (χ0) is 14.0. The van der Waals surface area contributed by atoms with Crippen molar-refractivity contribution in [2.45, 2.75) is 6.92 Å². The lowest BCUT2D eigenvalue weighted by atomic mass is 10.3. The van der Waals surface area contributed by atoms with Crippen LogP contribution in [0.3, 0.4) is 0 Å². The maximum atomic E-state index is 11.8. The maximum Gasteiger partial charge on any atom is 0.225 e. The van der Waals surface area contributed by atoms with E-state index in [9.17, 15) is 4.79 Å². The van der Waals surface area contributed by atoms with E-state index in [4.69, 9.17) is 0 Å². The molecule has 1 amide bonds. The van der Waals surface area contributed by atoms with Crippen LogP contribution < -0.4 is 9.80 Å². The van der Waals surface area contributed by atoms with Crippen molar-refractivity contribution in [3.05, 3.63) is 22.7 Å². The van der Waals surface area contributed by atoms with Gasteiger partial charge < -0.3 is 4.90 Å². The van der Waals surface area contributed by atoms with Gasteiger partial charge >= 0.3 is 0 Å². The average molecular weight is 343 g/mol.